The van der Waals surface area contributed by atoms with Crippen LogP contribution in [0.1, 0.15) is 23.2 Å². The predicted octanol–water partition coefficient (Wildman–Crippen LogP) is 2.39. The van der Waals surface area contributed by atoms with Gasteiger partial charge >= 0.3 is 0 Å². The number of ketones is 1. The first kappa shape index (κ1) is 13.7. The summed E-state index contributed by atoms with van der Waals surface area (Å²) in [5.74, 6) is -0.450. The number of aromatic nitrogens is 1. The number of amides is 1. The van der Waals surface area contributed by atoms with Crippen molar-refractivity contribution in [3.8, 4) is 5.75 Å². The highest BCUT2D eigenvalue weighted by Crippen LogP contribution is 2.18. The molecule has 0 aliphatic carbocycles. The number of nitrogens with one attached hydrogen (secondary N) is 1. The highest BCUT2D eigenvalue weighted by Gasteiger charge is 2.11. The van der Waals surface area contributed by atoms with E-state index in [4.69, 9.17) is 0 Å². The zero-order valence-corrected chi connectivity index (χ0v) is 10.7. The van der Waals surface area contributed by atoms with Crippen LogP contribution in [0.15, 0.2) is 48.7 Å². The fourth-order valence-corrected chi connectivity index (χ4v) is 1.68. The minimum Gasteiger partial charge on any atom is -0.504 e. The molecule has 2 N–H and O–H groups in total. The Hall–Kier alpha value is -2.69. The highest BCUT2D eigenvalue weighted by atomic mass is 16.3. The molecule has 1 amide bonds. The molecule has 0 fully saturated rings. The van der Waals surface area contributed by atoms with E-state index in [-0.39, 0.29) is 36.1 Å². The van der Waals surface area contributed by atoms with Crippen molar-refractivity contribution in [2.75, 3.05) is 5.32 Å². The number of hydrogen-bond donors (Lipinski definition) is 2. The molecular formula is C15H14N2O3. The zero-order valence-electron chi connectivity index (χ0n) is 10.7. The molecule has 2 aromatic rings. The summed E-state index contributed by atoms with van der Waals surface area (Å²) in [5.41, 5.74) is 0.584. The molecule has 1 aromatic heterocycles. The minimum atomic E-state index is -0.358. The molecular weight excluding hydrogens is 256 g/mol. The summed E-state index contributed by atoms with van der Waals surface area (Å²) in [7, 11) is 0. The van der Waals surface area contributed by atoms with E-state index in [0.29, 0.717) is 5.56 Å². The number of aromatic hydroxyl groups is 1. The summed E-state index contributed by atoms with van der Waals surface area (Å²) in [6.07, 6.45) is 1.62. The van der Waals surface area contributed by atoms with E-state index in [1.165, 1.54) is 12.3 Å². The first-order chi connectivity index (χ1) is 9.66. The van der Waals surface area contributed by atoms with E-state index < -0.39 is 0 Å². The smallest absolute Gasteiger partial charge is 0.226 e. The van der Waals surface area contributed by atoms with Gasteiger partial charge in [-0.25, -0.2) is 4.98 Å². The van der Waals surface area contributed by atoms with Crippen LogP contribution >= 0.6 is 0 Å². The normalized spacial score (nSPS) is 10.0. The quantitative estimate of drug-likeness (QED) is 0.817. The van der Waals surface area contributed by atoms with Crippen LogP contribution in [-0.2, 0) is 4.79 Å². The molecule has 1 aromatic carbocycles. The number of hydrogen-bond acceptors (Lipinski definition) is 4. The maximum atomic E-state index is 11.8. The first-order valence-corrected chi connectivity index (χ1v) is 6.19. The third kappa shape index (κ3) is 3.65. The van der Waals surface area contributed by atoms with Crippen molar-refractivity contribution in [2.24, 2.45) is 0 Å². The second-order valence-electron chi connectivity index (χ2n) is 4.21. The molecule has 0 radical (unpaired) electrons. The van der Waals surface area contributed by atoms with Crippen molar-refractivity contribution >= 4 is 17.5 Å². The van der Waals surface area contributed by atoms with Gasteiger partial charge in [0.15, 0.2) is 17.4 Å². The largest absolute Gasteiger partial charge is 0.504 e. The lowest BCUT2D eigenvalue weighted by Gasteiger charge is -2.05. The van der Waals surface area contributed by atoms with Gasteiger partial charge in [-0.2, -0.15) is 0 Å². The number of nitrogens with zero attached hydrogens (tertiary/aromatic N) is 1. The molecule has 0 saturated carbocycles. The fourth-order valence-electron chi connectivity index (χ4n) is 1.68. The van der Waals surface area contributed by atoms with Gasteiger partial charge in [-0.3, -0.25) is 9.59 Å². The molecule has 0 aliphatic heterocycles. The summed E-state index contributed by atoms with van der Waals surface area (Å²) in [4.78, 5) is 27.3. The van der Waals surface area contributed by atoms with Crippen LogP contribution in [0.2, 0.25) is 0 Å². The zero-order chi connectivity index (χ0) is 14.4. The van der Waals surface area contributed by atoms with E-state index in [1.54, 1.807) is 30.3 Å². The van der Waals surface area contributed by atoms with Crippen LogP contribution in [-0.4, -0.2) is 21.8 Å². The average molecular weight is 270 g/mol. The maximum absolute atomic E-state index is 11.8. The lowest BCUT2D eigenvalue weighted by Crippen LogP contribution is -2.14. The summed E-state index contributed by atoms with van der Waals surface area (Å²) >= 11 is 0. The number of pyridine rings is 1. The van der Waals surface area contributed by atoms with E-state index in [1.807, 2.05) is 6.07 Å². The van der Waals surface area contributed by atoms with Gasteiger partial charge in [0, 0.05) is 24.6 Å². The minimum absolute atomic E-state index is 0.0454. The van der Waals surface area contributed by atoms with E-state index >= 15 is 0 Å². The van der Waals surface area contributed by atoms with E-state index in [9.17, 15) is 14.7 Å². The third-order valence-electron chi connectivity index (χ3n) is 2.72. The lowest BCUT2D eigenvalue weighted by molar-refractivity contribution is -0.116. The SMILES string of the molecule is O=C(CCC(=O)c1ccccc1)Nc1ncccc1O. The van der Waals surface area contributed by atoms with Crippen molar-refractivity contribution in [1.29, 1.82) is 0 Å². The van der Waals surface area contributed by atoms with Crippen molar-refractivity contribution in [3.63, 3.8) is 0 Å². The molecule has 0 atom stereocenters. The third-order valence-corrected chi connectivity index (χ3v) is 2.72. The summed E-state index contributed by atoms with van der Waals surface area (Å²) in [5, 5.41) is 11.9. The Morgan fingerprint density at radius 1 is 1.05 bits per heavy atom. The van der Waals surface area contributed by atoms with Crippen molar-refractivity contribution in [1.82, 2.24) is 4.98 Å². The van der Waals surface area contributed by atoms with Crippen LogP contribution in [0, 0.1) is 0 Å². The van der Waals surface area contributed by atoms with Crippen LogP contribution in [0.25, 0.3) is 0 Å². The predicted molar refractivity (Wildman–Crippen MR) is 74.5 cm³/mol. The topological polar surface area (TPSA) is 79.3 Å². The number of Topliss-reactive ketones (excluding diaryl/α,β-unsaturated/α-hetero) is 1. The van der Waals surface area contributed by atoms with Gasteiger partial charge in [0.2, 0.25) is 5.91 Å². The van der Waals surface area contributed by atoms with Crippen LogP contribution in [0.5, 0.6) is 5.75 Å². The fraction of sp³-hybridized carbons (Fsp3) is 0.133. The van der Waals surface area contributed by atoms with Crippen molar-refractivity contribution < 1.29 is 14.7 Å². The monoisotopic (exact) mass is 270 g/mol. The summed E-state index contributed by atoms with van der Waals surface area (Å²) < 4.78 is 0. The van der Waals surface area contributed by atoms with Crippen molar-refractivity contribution in [3.05, 3.63) is 54.2 Å². The average Bonchev–Trinajstić information content (AvgIpc) is 2.48. The number of carbonyl (C=O) groups excluding carboxylic acids is 2. The molecule has 5 nitrogen and oxygen atoms in total. The lowest BCUT2D eigenvalue weighted by atomic mass is 10.1. The van der Waals surface area contributed by atoms with Gasteiger partial charge in [0.25, 0.3) is 0 Å². The van der Waals surface area contributed by atoms with Gasteiger partial charge in [0.05, 0.1) is 0 Å². The second kappa shape index (κ2) is 6.47. The van der Waals surface area contributed by atoms with E-state index in [0.717, 1.165) is 0 Å². The molecule has 1 heterocycles. The number of anilines is 1. The molecule has 102 valence electrons. The number of benzene rings is 1. The van der Waals surface area contributed by atoms with Gasteiger partial charge in [-0.1, -0.05) is 30.3 Å². The molecule has 0 spiro atoms. The molecule has 5 heteroatoms. The Kier molecular flexibility index (Phi) is 4.44. The Bertz CT molecular complexity index is 612. The summed E-state index contributed by atoms with van der Waals surface area (Å²) in [6.45, 7) is 0. The Balaban J connectivity index is 1.87. The van der Waals surface area contributed by atoms with Crippen LogP contribution in [0.4, 0.5) is 5.82 Å². The van der Waals surface area contributed by atoms with Crippen LogP contribution < -0.4 is 5.32 Å². The highest BCUT2D eigenvalue weighted by molar-refractivity contribution is 6.00. The van der Waals surface area contributed by atoms with E-state index in [2.05, 4.69) is 10.3 Å². The maximum Gasteiger partial charge on any atom is 0.226 e. The molecule has 0 bridgehead atoms. The second-order valence-corrected chi connectivity index (χ2v) is 4.21. The standard InChI is InChI=1S/C15H14N2O3/c18-12(11-5-2-1-3-6-11)8-9-14(20)17-15-13(19)7-4-10-16-15/h1-7,10,19H,8-9H2,(H,16,17,20). The van der Waals surface area contributed by atoms with Gasteiger partial charge in [0.1, 0.15) is 0 Å². The van der Waals surface area contributed by atoms with Gasteiger partial charge in [-0.15, -0.1) is 0 Å². The number of rotatable bonds is 5. The number of carbonyl (C=O) groups is 2. The molecule has 20 heavy (non-hydrogen) atoms. The first-order valence-electron chi connectivity index (χ1n) is 6.19. The molecule has 0 unspecified atom stereocenters. The van der Waals surface area contributed by atoms with Gasteiger partial charge < -0.3 is 10.4 Å². The summed E-state index contributed by atoms with van der Waals surface area (Å²) in [6, 6.07) is 11.8. The Morgan fingerprint density at radius 3 is 2.50 bits per heavy atom. The molecule has 0 saturated heterocycles. The Labute approximate surface area is 116 Å². The van der Waals surface area contributed by atoms with Crippen LogP contribution in [0.3, 0.4) is 0 Å². The molecule has 0 aliphatic rings. The molecule has 2 rings (SSSR count). The van der Waals surface area contributed by atoms with Gasteiger partial charge in [-0.05, 0) is 12.1 Å². The van der Waals surface area contributed by atoms with Crippen molar-refractivity contribution in [2.45, 2.75) is 12.8 Å². The Morgan fingerprint density at radius 2 is 1.80 bits per heavy atom.